The summed E-state index contributed by atoms with van der Waals surface area (Å²) in [4.78, 5) is 2.14. The monoisotopic (exact) mass is 230 g/mol. The van der Waals surface area contributed by atoms with Crippen LogP contribution < -0.4 is 10.6 Å². The SMILES string of the molecule is C[C@H](N)c1ccc(N(C)Cc2ccco2)cc1. The number of hydrogen-bond donors (Lipinski definition) is 1. The van der Waals surface area contributed by atoms with Crippen LogP contribution in [-0.4, -0.2) is 7.05 Å². The summed E-state index contributed by atoms with van der Waals surface area (Å²) >= 11 is 0. The third kappa shape index (κ3) is 2.88. The number of benzene rings is 1. The molecule has 0 aliphatic carbocycles. The molecule has 1 aromatic heterocycles. The van der Waals surface area contributed by atoms with Gasteiger partial charge in [0.25, 0.3) is 0 Å². The van der Waals surface area contributed by atoms with Crippen LogP contribution in [0.2, 0.25) is 0 Å². The molecule has 0 radical (unpaired) electrons. The Morgan fingerprint density at radius 2 is 1.94 bits per heavy atom. The van der Waals surface area contributed by atoms with E-state index < -0.39 is 0 Å². The molecule has 2 rings (SSSR count). The Balaban J connectivity index is 2.06. The lowest BCUT2D eigenvalue weighted by atomic mass is 10.1. The lowest BCUT2D eigenvalue weighted by Crippen LogP contribution is -2.16. The summed E-state index contributed by atoms with van der Waals surface area (Å²) in [7, 11) is 2.05. The van der Waals surface area contributed by atoms with Crippen molar-refractivity contribution in [2.75, 3.05) is 11.9 Å². The molecule has 1 heterocycles. The molecule has 17 heavy (non-hydrogen) atoms. The molecular weight excluding hydrogens is 212 g/mol. The van der Waals surface area contributed by atoms with Gasteiger partial charge in [-0.3, -0.25) is 0 Å². The second-order valence-electron chi connectivity index (χ2n) is 4.32. The van der Waals surface area contributed by atoms with Crippen LogP contribution in [-0.2, 0) is 6.54 Å². The molecule has 1 aromatic carbocycles. The fraction of sp³-hybridized carbons (Fsp3) is 0.286. The van der Waals surface area contributed by atoms with Gasteiger partial charge in [-0.2, -0.15) is 0 Å². The van der Waals surface area contributed by atoms with Crippen molar-refractivity contribution in [2.24, 2.45) is 5.73 Å². The molecule has 2 N–H and O–H groups in total. The first-order valence-electron chi connectivity index (χ1n) is 5.76. The second kappa shape index (κ2) is 5.06. The summed E-state index contributed by atoms with van der Waals surface area (Å²) in [6.07, 6.45) is 1.70. The predicted octanol–water partition coefficient (Wildman–Crippen LogP) is 2.94. The standard InChI is InChI=1S/C14H18N2O/c1-11(15)12-5-7-13(8-6-12)16(2)10-14-4-3-9-17-14/h3-9,11H,10,15H2,1-2H3/t11-/m0/s1. The van der Waals surface area contributed by atoms with Crippen LogP contribution in [0.3, 0.4) is 0 Å². The van der Waals surface area contributed by atoms with E-state index in [1.807, 2.05) is 26.1 Å². The first-order valence-corrected chi connectivity index (χ1v) is 5.76. The van der Waals surface area contributed by atoms with Crippen molar-refractivity contribution < 1.29 is 4.42 Å². The van der Waals surface area contributed by atoms with Gasteiger partial charge >= 0.3 is 0 Å². The summed E-state index contributed by atoms with van der Waals surface area (Å²) in [5, 5.41) is 0. The quantitative estimate of drug-likeness (QED) is 0.878. The van der Waals surface area contributed by atoms with Crippen LogP contribution in [0.25, 0.3) is 0 Å². The first kappa shape index (κ1) is 11.7. The summed E-state index contributed by atoms with van der Waals surface area (Å²) < 4.78 is 5.33. The molecule has 1 atom stereocenters. The number of rotatable bonds is 4. The fourth-order valence-corrected chi connectivity index (χ4v) is 1.76. The van der Waals surface area contributed by atoms with E-state index in [0.717, 1.165) is 23.6 Å². The summed E-state index contributed by atoms with van der Waals surface area (Å²) in [5.74, 6) is 0.962. The lowest BCUT2D eigenvalue weighted by Gasteiger charge is -2.18. The van der Waals surface area contributed by atoms with E-state index in [0.29, 0.717) is 0 Å². The van der Waals surface area contributed by atoms with Gasteiger partial charge in [0.1, 0.15) is 5.76 Å². The van der Waals surface area contributed by atoms with E-state index in [1.165, 1.54) is 0 Å². The van der Waals surface area contributed by atoms with E-state index in [1.54, 1.807) is 6.26 Å². The molecule has 0 saturated heterocycles. The van der Waals surface area contributed by atoms with Gasteiger partial charge in [0.2, 0.25) is 0 Å². The molecule has 0 bridgehead atoms. The fourth-order valence-electron chi connectivity index (χ4n) is 1.76. The average molecular weight is 230 g/mol. The maximum Gasteiger partial charge on any atom is 0.123 e. The van der Waals surface area contributed by atoms with E-state index in [9.17, 15) is 0 Å². The van der Waals surface area contributed by atoms with Crippen molar-refractivity contribution >= 4 is 5.69 Å². The van der Waals surface area contributed by atoms with Crippen LogP contribution in [0.15, 0.2) is 47.1 Å². The van der Waals surface area contributed by atoms with E-state index >= 15 is 0 Å². The van der Waals surface area contributed by atoms with Gasteiger partial charge in [-0.15, -0.1) is 0 Å². The van der Waals surface area contributed by atoms with Crippen LogP contribution in [0.5, 0.6) is 0 Å². The lowest BCUT2D eigenvalue weighted by molar-refractivity contribution is 0.507. The van der Waals surface area contributed by atoms with Gasteiger partial charge < -0.3 is 15.1 Å². The van der Waals surface area contributed by atoms with Gasteiger partial charge in [0.15, 0.2) is 0 Å². The molecule has 0 amide bonds. The first-order chi connectivity index (χ1) is 8.16. The zero-order valence-electron chi connectivity index (χ0n) is 10.3. The normalized spacial score (nSPS) is 12.4. The van der Waals surface area contributed by atoms with Crippen molar-refractivity contribution in [2.45, 2.75) is 19.5 Å². The third-order valence-electron chi connectivity index (χ3n) is 2.83. The number of nitrogens with two attached hydrogens (primary N) is 1. The zero-order chi connectivity index (χ0) is 12.3. The van der Waals surface area contributed by atoms with Crippen molar-refractivity contribution in [3.63, 3.8) is 0 Å². The highest BCUT2D eigenvalue weighted by Crippen LogP contribution is 2.18. The van der Waals surface area contributed by atoms with Crippen molar-refractivity contribution in [3.8, 4) is 0 Å². The highest BCUT2D eigenvalue weighted by Gasteiger charge is 2.05. The number of furan rings is 1. The Morgan fingerprint density at radius 3 is 2.47 bits per heavy atom. The minimum Gasteiger partial charge on any atom is -0.467 e. The van der Waals surface area contributed by atoms with Crippen LogP contribution >= 0.6 is 0 Å². The van der Waals surface area contributed by atoms with Crippen LogP contribution in [0.1, 0.15) is 24.3 Å². The van der Waals surface area contributed by atoms with E-state index in [2.05, 4.69) is 29.2 Å². The van der Waals surface area contributed by atoms with Gasteiger partial charge in [-0.25, -0.2) is 0 Å². The topological polar surface area (TPSA) is 42.4 Å². The van der Waals surface area contributed by atoms with Crippen LogP contribution in [0, 0.1) is 0 Å². The number of nitrogens with zero attached hydrogens (tertiary/aromatic N) is 1. The molecule has 0 saturated carbocycles. The zero-order valence-corrected chi connectivity index (χ0v) is 10.3. The largest absolute Gasteiger partial charge is 0.467 e. The smallest absolute Gasteiger partial charge is 0.123 e. The molecule has 0 spiro atoms. The minimum absolute atomic E-state index is 0.0828. The van der Waals surface area contributed by atoms with Gasteiger partial charge in [-0.1, -0.05) is 12.1 Å². The molecule has 90 valence electrons. The molecule has 0 aliphatic heterocycles. The molecule has 0 aliphatic rings. The number of hydrogen-bond acceptors (Lipinski definition) is 3. The Morgan fingerprint density at radius 1 is 1.24 bits per heavy atom. The Labute approximate surface area is 102 Å². The highest BCUT2D eigenvalue weighted by atomic mass is 16.3. The van der Waals surface area contributed by atoms with E-state index in [4.69, 9.17) is 10.2 Å². The van der Waals surface area contributed by atoms with Gasteiger partial charge in [-0.05, 0) is 36.8 Å². The van der Waals surface area contributed by atoms with Crippen molar-refractivity contribution in [1.29, 1.82) is 0 Å². The Bertz CT molecular complexity index is 446. The van der Waals surface area contributed by atoms with Crippen molar-refractivity contribution in [1.82, 2.24) is 0 Å². The Kier molecular flexibility index (Phi) is 3.49. The highest BCUT2D eigenvalue weighted by molar-refractivity contribution is 5.47. The van der Waals surface area contributed by atoms with Gasteiger partial charge in [0, 0.05) is 18.8 Å². The molecule has 2 aromatic rings. The Hall–Kier alpha value is -1.74. The average Bonchev–Trinajstić information content (AvgIpc) is 2.82. The predicted molar refractivity (Wildman–Crippen MR) is 69.9 cm³/mol. The van der Waals surface area contributed by atoms with E-state index in [-0.39, 0.29) is 6.04 Å². The third-order valence-corrected chi connectivity index (χ3v) is 2.83. The maximum absolute atomic E-state index is 5.82. The maximum atomic E-state index is 5.82. The second-order valence-corrected chi connectivity index (χ2v) is 4.32. The molecule has 3 heteroatoms. The molecule has 0 unspecified atom stereocenters. The molecule has 3 nitrogen and oxygen atoms in total. The molecule has 0 fully saturated rings. The summed E-state index contributed by atoms with van der Waals surface area (Å²) in [6.45, 7) is 2.76. The summed E-state index contributed by atoms with van der Waals surface area (Å²) in [5.41, 5.74) is 8.13. The summed E-state index contributed by atoms with van der Waals surface area (Å²) in [6, 6.07) is 12.3. The van der Waals surface area contributed by atoms with Gasteiger partial charge in [0.05, 0.1) is 12.8 Å². The van der Waals surface area contributed by atoms with Crippen molar-refractivity contribution in [3.05, 3.63) is 54.0 Å². The minimum atomic E-state index is 0.0828. The number of anilines is 1. The van der Waals surface area contributed by atoms with Crippen LogP contribution in [0.4, 0.5) is 5.69 Å². The molecular formula is C14H18N2O.